The monoisotopic (exact) mass is 587 g/mol. The van der Waals surface area contributed by atoms with Crippen molar-refractivity contribution < 1.29 is 23.1 Å². The van der Waals surface area contributed by atoms with Crippen molar-refractivity contribution in [1.29, 1.82) is 0 Å². The highest BCUT2D eigenvalue weighted by atomic mass is 32.2. The molecule has 5 rings (SSSR count). The molecule has 1 saturated carbocycles. The number of carboxylic acid groups (broad SMARTS) is 1. The van der Waals surface area contributed by atoms with Crippen molar-refractivity contribution in [2.24, 2.45) is 18.4 Å². The van der Waals surface area contributed by atoms with Crippen LogP contribution >= 0.6 is 0 Å². The smallest absolute Gasteiger partial charge is 0.311 e. The highest BCUT2D eigenvalue weighted by Gasteiger charge is 2.40. The highest BCUT2D eigenvalue weighted by Crippen LogP contribution is 2.35. The first-order valence-corrected chi connectivity index (χ1v) is 15.7. The fourth-order valence-electron chi connectivity index (χ4n) is 5.85. The first-order valence-electron chi connectivity index (χ1n) is 14.2. The van der Waals surface area contributed by atoms with E-state index in [1.807, 2.05) is 79.8 Å². The number of aromatic nitrogens is 1. The molecule has 3 aromatic carbocycles. The Bertz CT molecular complexity index is 1690. The molecule has 8 nitrogen and oxygen atoms in total. The van der Waals surface area contributed by atoms with Crippen molar-refractivity contribution in [3.63, 3.8) is 0 Å². The van der Waals surface area contributed by atoms with Gasteiger partial charge in [-0.15, -0.1) is 0 Å². The molecule has 4 aromatic rings. The van der Waals surface area contributed by atoms with Crippen molar-refractivity contribution in [3.05, 3.63) is 90.5 Å². The Morgan fingerprint density at radius 3 is 2.14 bits per heavy atom. The number of nitrogens with zero attached hydrogens (tertiary/aromatic N) is 1. The first kappa shape index (κ1) is 29.5. The summed E-state index contributed by atoms with van der Waals surface area (Å²) in [5.41, 5.74) is 2.52. The van der Waals surface area contributed by atoms with Crippen LogP contribution in [-0.2, 0) is 26.7 Å². The van der Waals surface area contributed by atoms with Crippen LogP contribution in [0.5, 0.6) is 0 Å². The molecule has 0 aliphatic heterocycles. The summed E-state index contributed by atoms with van der Waals surface area (Å²) < 4.78 is 31.6. The van der Waals surface area contributed by atoms with Gasteiger partial charge in [-0.05, 0) is 74.9 Å². The summed E-state index contributed by atoms with van der Waals surface area (Å²) in [5, 5.41) is 13.7. The highest BCUT2D eigenvalue weighted by molar-refractivity contribution is 7.89. The fraction of sp³-hybridized carbons (Fsp3) is 0.333. The van der Waals surface area contributed by atoms with Gasteiger partial charge in [-0.2, -0.15) is 0 Å². The van der Waals surface area contributed by atoms with E-state index in [-0.39, 0.29) is 22.8 Å². The third kappa shape index (κ3) is 5.98. The summed E-state index contributed by atoms with van der Waals surface area (Å²) in [6.45, 7) is 3.21. The molecule has 1 fully saturated rings. The number of nitrogens with one attached hydrogen (secondary N) is 2. The van der Waals surface area contributed by atoms with Crippen LogP contribution in [0.25, 0.3) is 22.2 Å². The predicted octanol–water partition coefficient (Wildman–Crippen LogP) is 5.65. The van der Waals surface area contributed by atoms with E-state index in [0.717, 1.165) is 27.7 Å². The molecular weight excluding hydrogens is 550 g/mol. The molecule has 0 radical (unpaired) electrons. The lowest BCUT2D eigenvalue weighted by Gasteiger charge is -2.34. The van der Waals surface area contributed by atoms with Crippen LogP contribution in [0.15, 0.2) is 89.8 Å². The minimum Gasteiger partial charge on any atom is -0.481 e. The molecule has 1 aliphatic rings. The van der Waals surface area contributed by atoms with E-state index in [1.165, 1.54) is 0 Å². The number of rotatable bonds is 9. The number of hydrogen-bond acceptors (Lipinski definition) is 4. The Labute approximate surface area is 246 Å². The van der Waals surface area contributed by atoms with Gasteiger partial charge in [0, 0.05) is 35.6 Å². The Kier molecular flexibility index (Phi) is 8.25. The number of aliphatic carboxylic acids is 1. The molecule has 9 heteroatoms. The lowest BCUT2D eigenvalue weighted by Crippen LogP contribution is -2.46. The third-order valence-corrected chi connectivity index (χ3v) is 10.0. The van der Waals surface area contributed by atoms with Gasteiger partial charge in [-0.1, -0.05) is 60.7 Å². The molecule has 1 aromatic heterocycles. The first-order chi connectivity index (χ1) is 20.0. The Balaban J connectivity index is 1.24. The minimum atomic E-state index is -3.77. The van der Waals surface area contributed by atoms with E-state index < -0.39 is 27.4 Å². The molecule has 220 valence electrons. The van der Waals surface area contributed by atoms with Gasteiger partial charge in [0.1, 0.15) is 0 Å². The van der Waals surface area contributed by atoms with Crippen LogP contribution < -0.4 is 10.0 Å². The zero-order valence-electron chi connectivity index (χ0n) is 24.1. The van der Waals surface area contributed by atoms with E-state index in [0.29, 0.717) is 25.7 Å². The maximum Gasteiger partial charge on any atom is 0.311 e. The lowest BCUT2D eigenvalue weighted by atomic mass is 9.79. The second-order valence-electron chi connectivity index (χ2n) is 11.7. The number of carbonyl (C=O) groups is 2. The van der Waals surface area contributed by atoms with Gasteiger partial charge in [-0.25, -0.2) is 13.1 Å². The molecule has 42 heavy (non-hydrogen) atoms. The number of amides is 1. The number of benzene rings is 3. The average Bonchev–Trinajstić information content (AvgIpc) is 3.32. The molecule has 0 spiro atoms. The second kappa shape index (κ2) is 11.7. The molecule has 1 unspecified atom stereocenters. The molecule has 1 aliphatic carbocycles. The molecule has 1 amide bonds. The van der Waals surface area contributed by atoms with Crippen LogP contribution in [0.3, 0.4) is 0 Å². The summed E-state index contributed by atoms with van der Waals surface area (Å²) in [6.07, 6.45) is 2.04. The Morgan fingerprint density at radius 1 is 0.905 bits per heavy atom. The fourth-order valence-corrected chi connectivity index (χ4v) is 7.19. The second-order valence-corrected chi connectivity index (χ2v) is 13.4. The topological polar surface area (TPSA) is 118 Å². The van der Waals surface area contributed by atoms with Gasteiger partial charge in [0.05, 0.1) is 16.4 Å². The number of carboxylic acids is 1. The summed E-state index contributed by atoms with van der Waals surface area (Å²) in [7, 11) is -1.80. The maximum absolute atomic E-state index is 13.3. The molecule has 0 bridgehead atoms. The van der Waals surface area contributed by atoms with E-state index in [4.69, 9.17) is 0 Å². The summed E-state index contributed by atoms with van der Waals surface area (Å²) >= 11 is 0. The molecule has 0 saturated heterocycles. The van der Waals surface area contributed by atoms with Gasteiger partial charge in [-0.3, -0.25) is 9.59 Å². The van der Waals surface area contributed by atoms with Gasteiger partial charge in [0.2, 0.25) is 15.9 Å². The average molecular weight is 588 g/mol. The van der Waals surface area contributed by atoms with Crippen molar-refractivity contribution >= 4 is 32.8 Å². The van der Waals surface area contributed by atoms with Gasteiger partial charge in [0.15, 0.2) is 0 Å². The van der Waals surface area contributed by atoms with Crippen LogP contribution in [-0.4, -0.2) is 36.0 Å². The predicted molar refractivity (Wildman–Crippen MR) is 163 cm³/mol. The standard InChI is InChI=1S/C33H37N3O5S/c1-33(2,32(38)39)30(23-12-8-5-9-13-23)34-31(37)24-14-16-26(17-15-24)35-42(40,41)27-18-19-28-25(20-27)21-29(36(28)3)22-10-6-4-7-11-22/h4-13,18-21,24,26,30,35H,14-17H2,1-3H3,(H,34,37)(H,38,39). The lowest BCUT2D eigenvalue weighted by molar-refractivity contribution is -0.149. The minimum absolute atomic E-state index is 0.205. The molecule has 1 atom stereocenters. The van der Waals surface area contributed by atoms with Crippen molar-refractivity contribution in [2.75, 3.05) is 0 Å². The van der Waals surface area contributed by atoms with E-state index in [9.17, 15) is 23.1 Å². The van der Waals surface area contributed by atoms with Gasteiger partial charge >= 0.3 is 5.97 Å². The quantitative estimate of drug-likeness (QED) is 0.234. The van der Waals surface area contributed by atoms with E-state index in [2.05, 4.69) is 14.6 Å². The molecular formula is C33H37N3O5S. The van der Waals surface area contributed by atoms with Gasteiger partial charge < -0.3 is 15.0 Å². The van der Waals surface area contributed by atoms with Crippen LogP contribution in [0.2, 0.25) is 0 Å². The largest absolute Gasteiger partial charge is 0.481 e. The Morgan fingerprint density at radius 2 is 1.52 bits per heavy atom. The number of fused-ring (bicyclic) bond motifs is 1. The zero-order chi connectivity index (χ0) is 30.1. The van der Waals surface area contributed by atoms with Crippen molar-refractivity contribution in [1.82, 2.24) is 14.6 Å². The Hall–Kier alpha value is -3.95. The van der Waals surface area contributed by atoms with Crippen molar-refractivity contribution in [2.45, 2.75) is 56.5 Å². The summed E-state index contributed by atoms with van der Waals surface area (Å²) in [4.78, 5) is 25.5. The zero-order valence-corrected chi connectivity index (χ0v) is 24.9. The number of hydrogen-bond donors (Lipinski definition) is 3. The van der Waals surface area contributed by atoms with Crippen LogP contribution in [0.1, 0.15) is 51.1 Å². The number of aryl methyl sites for hydroxylation is 1. The van der Waals surface area contributed by atoms with E-state index in [1.54, 1.807) is 26.0 Å². The number of carbonyl (C=O) groups excluding carboxylic acids is 1. The molecule has 3 N–H and O–H groups in total. The normalized spacial score (nSPS) is 18.5. The van der Waals surface area contributed by atoms with E-state index >= 15 is 0 Å². The van der Waals surface area contributed by atoms with Crippen molar-refractivity contribution in [3.8, 4) is 11.3 Å². The number of sulfonamides is 1. The SMILES string of the molecule is Cn1c(-c2ccccc2)cc2cc(S(=O)(=O)NC3CCC(C(=O)NC(c4ccccc4)C(C)(C)C(=O)O)CC3)ccc21. The van der Waals surface area contributed by atoms with Gasteiger partial charge in [0.25, 0.3) is 0 Å². The summed E-state index contributed by atoms with van der Waals surface area (Å²) in [5.74, 6) is -1.53. The third-order valence-electron chi connectivity index (χ3n) is 8.51. The van der Waals surface area contributed by atoms with Crippen LogP contribution in [0, 0.1) is 11.3 Å². The molecule has 1 heterocycles. The van der Waals surface area contributed by atoms with Crippen LogP contribution in [0.4, 0.5) is 0 Å². The summed E-state index contributed by atoms with van der Waals surface area (Å²) in [6, 6.07) is 25.3. The maximum atomic E-state index is 13.3.